The lowest BCUT2D eigenvalue weighted by Crippen LogP contribution is -2.46. The second-order valence-corrected chi connectivity index (χ2v) is 6.21. The zero-order valence-electron chi connectivity index (χ0n) is 13.0. The van der Waals surface area contributed by atoms with E-state index in [0.717, 1.165) is 44.4 Å². The molecule has 0 amide bonds. The van der Waals surface area contributed by atoms with Gasteiger partial charge in [-0.3, -0.25) is 10.00 Å². The van der Waals surface area contributed by atoms with E-state index in [1.807, 2.05) is 19.2 Å². The molecule has 1 aliphatic carbocycles. The molecule has 2 aromatic heterocycles. The van der Waals surface area contributed by atoms with Gasteiger partial charge in [0.15, 0.2) is 0 Å². The van der Waals surface area contributed by atoms with Crippen molar-refractivity contribution < 1.29 is 0 Å². The first kappa shape index (κ1) is 13.7. The van der Waals surface area contributed by atoms with Crippen molar-refractivity contribution in [3.05, 3.63) is 35.0 Å². The molecule has 0 radical (unpaired) electrons. The smallest absolute Gasteiger partial charge is 0.132 e. The molecule has 2 aromatic rings. The first-order valence-electron chi connectivity index (χ1n) is 8.11. The molecule has 0 bridgehead atoms. The Bertz CT molecular complexity index is 656. The van der Waals surface area contributed by atoms with Crippen LogP contribution in [-0.2, 0) is 19.4 Å². The van der Waals surface area contributed by atoms with E-state index in [-0.39, 0.29) is 0 Å². The summed E-state index contributed by atoms with van der Waals surface area (Å²) < 4.78 is 0. The molecule has 22 heavy (non-hydrogen) atoms. The summed E-state index contributed by atoms with van der Waals surface area (Å²) in [6.45, 7) is 7.07. The van der Waals surface area contributed by atoms with Crippen molar-refractivity contribution in [3.8, 4) is 0 Å². The van der Waals surface area contributed by atoms with Gasteiger partial charge >= 0.3 is 0 Å². The lowest BCUT2D eigenvalue weighted by molar-refractivity contribution is 0.246. The third kappa shape index (κ3) is 2.59. The summed E-state index contributed by atoms with van der Waals surface area (Å²) in [6, 6.07) is 2.00. The van der Waals surface area contributed by atoms with Crippen LogP contribution in [0.15, 0.2) is 12.3 Å². The van der Waals surface area contributed by atoms with Gasteiger partial charge in [0.2, 0.25) is 0 Å². The largest absolute Gasteiger partial charge is 0.354 e. The molecular weight excluding hydrogens is 276 g/mol. The number of piperazine rings is 1. The van der Waals surface area contributed by atoms with E-state index in [4.69, 9.17) is 0 Å². The number of nitrogens with zero attached hydrogens (tertiary/aromatic N) is 5. The number of aromatic amines is 1. The summed E-state index contributed by atoms with van der Waals surface area (Å²) in [6.07, 6.45) is 5.49. The maximum absolute atomic E-state index is 4.52. The van der Waals surface area contributed by atoms with Gasteiger partial charge in [0.25, 0.3) is 0 Å². The van der Waals surface area contributed by atoms with Crippen molar-refractivity contribution in [3.63, 3.8) is 0 Å². The molecule has 1 N–H and O–H groups in total. The van der Waals surface area contributed by atoms with Crippen LogP contribution in [0.25, 0.3) is 0 Å². The lowest BCUT2D eigenvalue weighted by atomic mass is 10.2. The average Bonchev–Trinajstić information content (AvgIpc) is 3.13. The van der Waals surface area contributed by atoms with Gasteiger partial charge in [-0.2, -0.15) is 5.10 Å². The molecule has 3 heterocycles. The second kappa shape index (κ2) is 5.68. The highest BCUT2D eigenvalue weighted by atomic mass is 15.3. The first-order valence-corrected chi connectivity index (χ1v) is 8.11. The van der Waals surface area contributed by atoms with E-state index in [1.165, 1.54) is 36.2 Å². The van der Waals surface area contributed by atoms with Gasteiger partial charge in [0.1, 0.15) is 11.6 Å². The third-order valence-electron chi connectivity index (χ3n) is 4.72. The zero-order chi connectivity index (χ0) is 14.9. The number of aromatic nitrogens is 4. The molecular formula is C16H22N6. The summed E-state index contributed by atoms with van der Waals surface area (Å²) in [5.41, 5.74) is 4.11. The Morgan fingerprint density at radius 2 is 2.05 bits per heavy atom. The summed E-state index contributed by atoms with van der Waals surface area (Å²) in [5, 5.41) is 7.73. The predicted molar refractivity (Wildman–Crippen MR) is 84.9 cm³/mol. The van der Waals surface area contributed by atoms with E-state index >= 15 is 0 Å². The molecule has 116 valence electrons. The van der Waals surface area contributed by atoms with Crippen LogP contribution in [0.5, 0.6) is 0 Å². The fourth-order valence-electron chi connectivity index (χ4n) is 3.49. The van der Waals surface area contributed by atoms with Crippen LogP contribution in [0.3, 0.4) is 0 Å². The number of anilines is 1. The molecule has 6 nitrogen and oxygen atoms in total. The van der Waals surface area contributed by atoms with Crippen molar-refractivity contribution in [2.45, 2.75) is 32.7 Å². The molecule has 1 fully saturated rings. The van der Waals surface area contributed by atoms with E-state index < -0.39 is 0 Å². The molecule has 0 unspecified atom stereocenters. The molecule has 4 rings (SSSR count). The maximum Gasteiger partial charge on any atom is 0.132 e. The van der Waals surface area contributed by atoms with Crippen LogP contribution in [0, 0.1) is 6.92 Å². The maximum atomic E-state index is 4.52. The molecule has 2 aliphatic rings. The Labute approximate surface area is 130 Å². The van der Waals surface area contributed by atoms with Crippen LogP contribution >= 0.6 is 0 Å². The van der Waals surface area contributed by atoms with Crippen molar-refractivity contribution in [2.24, 2.45) is 0 Å². The highest BCUT2D eigenvalue weighted by Crippen LogP contribution is 2.24. The topological polar surface area (TPSA) is 60.9 Å². The normalized spacial score (nSPS) is 18.7. The van der Waals surface area contributed by atoms with E-state index in [9.17, 15) is 0 Å². The van der Waals surface area contributed by atoms with Crippen LogP contribution < -0.4 is 4.90 Å². The number of nitrogens with one attached hydrogen (secondary N) is 1. The molecule has 0 aromatic carbocycles. The fourth-order valence-corrected chi connectivity index (χ4v) is 3.49. The van der Waals surface area contributed by atoms with E-state index in [1.54, 1.807) is 0 Å². The number of hydrogen-bond acceptors (Lipinski definition) is 5. The Hall–Kier alpha value is -1.95. The molecule has 0 atom stereocenters. The number of fused-ring (bicyclic) bond motifs is 1. The molecule has 0 spiro atoms. The minimum atomic E-state index is 0.840. The van der Waals surface area contributed by atoms with Gasteiger partial charge in [-0.15, -0.1) is 0 Å². The van der Waals surface area contributed by atoms with Gasteiger partial charge < -0.3 is 4.90 Å². The molecule has 0 saturated carbocycles. The quantitative estimate of drug-likeness (QED) is 0.926. The summed E-state index contributed by atoms with van der Waals surface area (Å²) >= 11 is 0. The van der Waals surface area contributed by atoms with Crippen molar-refractivity contribution in [2.75, 3.05) is 31.1 Å². The minimum Gasteiger partial charge on any atom is -0.354 e. The van der Waals surface area contributed by atoms with E-state index in [0.29, 0.717) is 0 Å². The molecule has 6 heteroatoms. The summed E-state index contributed by atoms with van der Waals surface area (Å²) in [5.74, 6) is 1.89. The Kier molecular flexibility index (Phi) is 3.54. The van der Waals surface area contributed by atoms with Gasteiger partial charge in [-0.25, -0.2) is 9.97 Å². The Balaban J connectivity index is 1.37. The predicted octanol–water partition coefficient (Wildman–Crippen LogP) is 1.32. The SMILES string of the molecule is Cc1nccc(N2CCN(Cc3n[nH]c4c3CCC4)CC2)n1. The summed E-state index contributed by atoms with van der Waals surface area (Å²) in [4.78, 5) is 13.5. The standard InChI is InChI=1S/C16H22N6/c1-12-17-6-5-16(18-12)22-9-7-21(8-10-22)11-15-13-3-2-4-14(13)19-20-15/h5-6H,2-4,7-11H2,1H3,(H,19,20). The first-order chi connectivity index (χ1) is 10.8. The van der Waals surface area contributed by atoms with Gasteiger partial charge in [0, 0.05) is 44.6 Å². The third-order valence-corrected chi connectivity index (χ3v) is 4.72. The van der Waals surface area contributed by atoms with Crippen LogP contribution in [0.2, 0.25) is 0 Å². The highest BCUT2D eigenvalue weighted by molar-refractivity contribution is 5.38. The summed E-state index contributed by atoms with van der Waals surface area (Å²) in [7, 11) is 0. The average molecular weight is 298 g/mol. The van der Waals surface area contributed by atoms with Crippen LogP contribution in [0.1, 0.15) is 29.2 Å². The molecule has 1 saturated heterocycles. The minimum absolute atomic E-state index is 0.840. The Morgan fingerprint density at radius 3 is 2.86 bits per heavy atom. The van der Waals surface area contributed by atoms with Crippen LogP contribution in [0.4, 0.5) is 5.82 Å². The number of aryl methyl sites for hydroxylation is 2. The van der Waals surface area contributed by atoms with E-state index in [2.05, 4.69) is 30.0 Å². The number of hydrogen-bond donors (Lipinski definition) is 1. The fraction of sp³-hybridized carbons (Fsp3) is 0.562. The van der Waals surface area contributed by atoms with Crippen molar-refractivity contribution in [1.29, 1.82) is 0 Å². The molecule has 1 aliphatic heterocycles. The van der Waals surface area contributed by atoms with Crippen LogP contribution in [-0.4, -0.2) is 51.2 Å². The highest BCUT2D eigenvalue weighted by Gasteiger charge is 2.23. The van der Waals surface area contributed by atoms with Gasteiger partial charge in [-0.1, -0.05) is 0 Å². The van der Waals surface area contributed by atoms with Crippen molar-refractivity contribution in [1.82, 2.24) is 25.1 Å². The van der Waals surface area contributed by atoms with Gasteiger partial charge in [-0.05, 0) is 37.8 Å². The van der Waals surface area contributed by atoms with Gasteiger partial charge in [0.05, 0.1) is 5.69 Å². The van der Waals surface area contributed by atoms with Crippen molar-refractivity contribution >= 4 is 5.82 Å². The lowest BCUT2D eigenvalue weighted by Gasteiger charge is -2.35. The Morgan fingerprint density at radius 1 is 1.18 bits per heavy atom. The monoisotopic (exact) mass is 298 g/mol. The second-order valence-electron chi connectivity index (χ2n) is 6.21. The number of H-pyrrole nitrogens is 1. The number of rotatable bonds is 3. The zero-order valence-corrected chi connectivity index (χ0v) is 13.0.